The smallest absolute Gasteiger partial charge is 0.222 e. The maximum atomic E-state index is 13.6. The lowest BCUT2D eigenvalue weighted by atomic mass is 10.0. The van der Waals surface area contributed by atoms with Gasteiger partial charge in [-0.05, 0) is 42.7 Å². The first-order valence-electron chi connectivity index (χ1n) is 8.26. The molecule has 7 heteroatoms. The summed E-state index contributed by atoms with van der Waals surface area (Å²) >= 11 is 0. The minimum absolute atomic E-state index is 0.0911. The molecule has 6 nitrogen and oxygen atoms in total. The van der Waals surface area contributed by atoms with Crippen molar-refractivity contribution < 1.29 is 9.18 Å². The number of amides is 1. The van der Waals surface area contributed by atoms with E-state index in [1.54, 1.807) is 22.8 Å². The summed E-state index contributed by atoms with van der Waals surface area (Å²) in [7, 11) is 0. The normalized spacial score (nSPS) is 17.2. The van der Waals surface area contributed by atoms with Crippen molar-refractivity contribution >= 4 is 23.2 Å². The van der Waals surface area contributed by atoms with E-state index in [4.69, 9.17) is 0 Å². The number of nitrogens with zero attached hydrogens (tertiary/aromatic N) is 4. The van der Waals surface area contributed by atoms with E-state index in [1.807, 2.05) is 18.2 Å². The fraction of sp³-hybridized carbons (Fsp3) is 0.278. The van der Waals surface area contributed by atoms with Crippen LogP contribution in [0, 0.1) is 5.82 Å². The second-order valence-corrected chi connectivity index (χ2v) is 6.19. The van der Waals surface area contributed by atoms with Crippen molar-refractivity contribution in [3.63, 3.8) is 0 Å². The second-order valence-electron chi connectivity index (χ2n) is 6.19. The van der Waals surface area contributed by atoms with Gasteiger partial charge in [-0.3, -0.25) is 4.79 Å². The molecule has 4 rings (SSSR count). The van der Waals surface area contributed by atoms with Gasteiger partial charge in [-0.1, -0.05) is 12.1 Å². The highest BCUT2D eigenvalue weighted by Crippen LogP contribution is 2.35. The van der Waals surface area contributed by atoms with Crippen molar-refractivity contribution in [2.45, 2.75) is 25.8 Å². The molecular formula is C18H18FN5O. The van der Waals surface area contributed by atoms with Crippen LogP contribution in [0.2, 0.25) is 0 Å². The fourth-order valence-corrected chi connectivity index (χ4v) is 3.38. The quantitative estimate of drug-likeness (QED) is 0.796. The third-order valence-electron chi connectivity index (χ3n) is 4.43. The first kappa shape index (κ1) is 15.6. The predicted molar refractivity (Wildman–Crippen MR) is 93.0 cm³/mol. The summed E-state index contributed by atoms with van der Waals surface area (Å²) in [5.74, 6) is 0.915. The van der Waals surface area contributed by atoms with E-state index in [0.717, 1.165) is 30.8 Å². The highest BCUT2D eigenvalue weighted by atomic mass is 19.1. The number of benzene rings is 1. The summed E-state index contributed by atoms with van der Waals surface area (Å²) in [6, 6.07) is 10.6. The second kappa shape index (κ2) is 6.16. The molecule has 1 fully saturated rings. The SMILES string of the molecule is CC(=O)Nc1cnc2ccc(N3CCC[C@@H]3c3cccc(F)c3)nn12. The van der Waals surface area contributed by atoms with Gasteiger partial charge >= 0.3 is 0 Å². The maximum absolute atomic E-state index is 13.6. The highest BCUT2D eigenvalue weighted by Gasteiger charge is 2.27. The van der Waals surface area contributed by atoms with E-state index in [1.165, 1.54) is 13.0 Å². The van der Waals surface area contributed by atoms with Crippen LogP contribution in [0.15, 0.2) is 42.6 Å². The largest absolute Gasteiger partial charge is 0.348 e. The molecule has 1 aliphatic heterocycles. The molecule has 0 spiro atoms. The number of rotatable bonds is 3. The van der Waals surface area contributed by atoms with Gasteiger partial charge in [-0.15, -0.1) is 5.10 Å². The Bertz CT molecular complexity index is 938. The van der Waals surface area contributed by atoms with E-state index in [9.17, 15) is 9.18 Å². The molecule has 1 atom stereocenters. The topological polar surface area (TPSA) is 62.5 Å². The van der Waals surface area contributed by atoms with Crippen LogP contribution in [0.1, 0.15) is 31.4 Å². The highest BCUT2D eigenvalue weighted by molar-refractivity contribution is 5.88. The van der Waals surface area contributed by atoms with Gasteiger partial charge in [0.1, 0.15) is 11.6 Å². The standard InChI is InChI=1S/C18H18FN5O/c1-12(25)21-18-11-20-16-7-8-17(22-24(16)18)23-9-3-6-15(23)13-4-2-5-14(19)10-13/h2,4-5,7-8,10-11,15H,3,6,9H2,1H3,(H,21,25)/t15-/m1/s1. The average Bonchev–Trinajstić information content (AvgIpc) is 3.21. The van der Waals surface area contributed by atoms with Gasteiger partial charge in [-0.2, -0.15) is 4.52 Å². The zero-order valence-corrected chi connectivity index (χ0v) is 13.8. The molecule has 3 aromatic rings. The molecule has 128 valence electrons. The Kier molecular flexibility index (Phi) is 3.83. The van der Waals surface area contributed by atoms with Crippen LogP contribution < -0.4 is 10.2 Å². The van der Waals surface area contributed by atoms with Gasteiger partial charge in [-0.25, -0.2) is 9.37 Å². The first-order chi connectivity index (χ1) is 12.1. The lowest BCUT2D eigenvalue weighted by Gasteiger charge is -2.26. The van der Waals surface area contributed by atoms with Crippen molar-refractivity contribution in [2.75, 3.05) is 16.8 Å². The van der Waals surface area contributed by atoms with Crippen LogP contribution in [-0.4, -0.2) is 27.0 Å². The Balaban J connectivity index is 1.71. The lowest BCUT2D eigenvalue weighted by molar-refractivity contribution is -0.114. The number of fused-ring (bicyclic) bond motifs is 1. The predicted octanol–water partition coefficient (Wildman–Crippen LogP) is 3.17. The third-order valence-corrected chi connectivity index (χ3v) is 4.43. The number of carbonyl (C=O) groups excluding carboxylic acids is 1. The minimum atomic E-state index is -0.227. The Hall–Kier alpha value is -2.96. The summed E-state index contributed by atoms with van der Waals surface area (Å²) in [6.07, 6.45) is 3.55. The molecule has 1 saturated heterocycles. The third kappa shape index (κ3) is 2.93. The molecule has 0 radical (unpaired) electrons. The zero-order valence-electron chi connectivity index (χ0n) is 13.8. The number of imidazole rings is 1. The average molecular weight is 339 g/mol. The van der Waals surface area contributed by atoms with Crippen molar-refractivity contribution in [1.82, 2.24) is 14.6 Å². The molecule has 2 aromatic heterocycles. The van der Waals surface area contributed by atoms with Crippen LogP contribution in [-0.2, 0) is 4.79 Å². The van der Waals surface area contributed by atoms with Crippen LogP contribution in [0.5, 0.6) is 0 Å². The summed E-state index contributed by atoms with van der Waals surface area (Å²) in [5.41, 5.74) is 1.61. The number of anilines is 2. The van der Waals surface area contributed by atoms with Crippen LogP contribution in [0.3, 0.4) is 0 Å². The fourth-order valence-electron chi connectivity index (χ4n) is 3.38. The van der Waals surface area contributed by atoms with Gasteiger partial charge in [0.05, 0.1) is 12.2 Å². The van der Waals surface area contributed by atoms with Crippen LogP contribution in [0.4, 0.5) is 16.0 Å². The van der Waals surface area contributed by atoms with E-state index in [2.05, 4.69) is 20.3 Å². The van der Waals surface area contributed by atoms with Gasteiger partial charge in [0.25, 0.3) is 0 Å². The zero-order chi connectivity index (χ0) is 17.4. The molecule has 0 aliphatic carbocycles. The van der Waals surface area contributed by atoms with Crippen molar-refractivity contribution in [3.05, 3.63) is 54.0 Å². The van der Waals surface area contributed by atoms with Crippen molar-refractivity contribution in [3.8, 4) is 0 Å². The van der Waals surface area contributed by atoms with Crippen LogP contribution >= 0.6 is 0 Å². The molecule has 1 amide bonds. The van der Waals surface area contributed by atoms with Gasteiger partial charge in [0.2, 0.25) is 5.91 Å². The number of nitrogens with one attached hydrogen (secondary N) is 1. The molecule has 0 saturated carbocycles. The molecule has 1 aliphatic rings. The summed E-state index contributed by atoms with van der Waals surface area (Å²) in [4.78, 5) is 17.8. The van der Waals surface area contributed by atoms with E-state index >= 15 is 0 Å². The molecular weight excluding hydrogens is 321 g/mol. The summed E-state index contributed by atoms with van der Waals surface area (Å²) in [6.45, 7) is 2.30. The Labute approximate surface area is 144 Å². The van der Waals surface area contributed by atoms with Gasteiger partial charge in [0.15, 0.2) is 11.5 Å². The molecule has 3 heterocycles. The van der Waals surface area contributed by atoms with Crippen molar-refractivity contribution in [2.24, 2.45) is 0 Å². The molecule has 0 bridgehead atoms. The molecule has 0 unspecified atom stereocenters. The first-order valence-corrected chi connectivity index (χ1v) is 8.26. The Morgan fingerprint density at radius 1 is 1.32 bits per heavy atom. The number of hydrogen-bond donors (Lipinski definition) is 1. The van der Waals surface area contributed by atoms with E-state index < -0.39 is 0 Å². The summed E-state index contributed by atoms with van der Waals surface area (Å²) in [5, 5.41) is 7.37. The van der Waals surface area contributed by atoms with E-state index in [0.29, 0.717) is 11.5 Å². The van der Waals surface area contributed by atoms with E-state index in [-0.39, 0.29) is 17.8 Å². The molecule has 25 heavy (non-hydrogen) atoms. The van der Waals surface area contributed by atoms with Crippen LogP contribution in [0.25, 0.3) is 5.65 Å². The summed E-state index contributed by atoms with van der Waals surface area (Å²) < 4.78 is 15.2. The number of hydrogen-bond acceptors (Lipinski definition) is 4. The molecule has 1 aromatic carbocycles. The number of aromatic nitrogens is 3. The Morgan fingerprint density at radius 2 is 2.20 bits per heavy atom. The number of carbonyl (C=O) groups is 1. The van der Waals surface area contributed by atoms with Crippen molar-refractivity contribution in [1.29, 1.82) is 0 Å². The van der Waals surface area contributed by atoms with Gasteiger partial charge < -0.3 is 10.2 Å². The maximum Gasteiger partial charge on any atom is 0.222 e. The molecule has 1 N–H and O–H groups in total. The monoisotopic (exact) mass is 339 g/mol. The van der Waals surface area contributed by atoms with Gasteiger partial charge in [0, 0.05) is 13.5 Å². The minimum Gasteiger partial charge on any atom is -0.348 e. The number of halogens is 1. The Morgan fingerprint density at radius 3 is 3.00 bits per heavy atom. The lowest BCUT2D eigenvalue weighted by Crippen LogP contribution is -2.24.